The average Bonchev–Trinajstić information content (AvgIpc) is 2.93. The van der Waals surface area contributed by atoms with E-state index in [1.807, 2.05) is 6.92 Å². The first-order valence-electron chi connectivity index (χ1n) is 12.8. The molecular weight excluding hydrogens is 573 g/mol. The molecular formula is C29H33Cl2N3O5S. The van der Waals surface area contributed by atoms with Gasteiger partial charge in [0, 0.05) is 23.1 Å². The minimum absolute atomic E-state index is 0.0223. The molecule has 0 fully saturated rings. The van der Waals surface area contributed by atoms with Crippen molar-refractivity contribution in [2.75, 3.05) is 24.5 Å². The van der Waals surface area contributed by atoms with Gasteiger partial charge in [0.15, 0.2) is 0 Å². The van der Waals surface area contributed by atoms with E-state index in [-0.39, 0.29) is 23.0 Å². The number of nitrogens with one attached hydrogen (secondary N) is 1. The summed E-state index contributed by atoms with van der Waals surface area (Å²) >= 11 is 12.5. The van der Waals surface area contributed by atoms with Crippen LogP contribution in [0.15, 0.2) is 71.6 Å². The van der Waals surface area contributed by atoms with Crippen LogP contribution in [0.4, 0.5) is 5.69 Å². The molecule has 0 saturated carbocycles. The number of carbonyl (C=O) groups is 2. The lowest BCUT2D eigenvalue weighted by Gasteiger charge is -2.33. The van der Waals surface area contributed by atoms with Crippen molar-refractivity contribution >= 4 is 50.7 Å². The maximum Gasteiger partial charge on any atom is 0.264 e. The second-order valence-corrected chi connectivity index (χ2v) is 11.8. The molecule has 2 amide bonds. The molecule has 0 saturated heterocycles. The third-order valence-corrected chi connectivity index (χ3v) is 8.72. The topological polar surface area (TPSA) is 96.0 Å². The smallest absolute Gasteiger partial charge is 0.264 e. The van der Waals surface area contributed by atoms with E-state index in [9.17, 15) is 18.0 Å². The van der Waals surface area contributed by atoms with Crippen LogP contribution in [0.2, 0.25) is 10.0 Å². The quantitative estimate of drug-likeness (QED) is 0.296. The largest absolute Gasteiger partial charge is 0.497 e. The molecule has 3 aromatic rings. The highest BCUT2D eigenvalue weighted by atomic mass is 35.5. The van der Waals surface area contributed by atoms with Crippen molar-refractivity contribution < 1.29 is 22.7 Å². The number of methoxy groups -OCH3 is 1. The van der Waals surface area contributed by atoms with E-state index in [1.165, 1.54) is 24.1 Å². The molecule has 0 unspecified atom stereocenters. The molecule has 0 heterocycles. The Morgan fingerprint density at radius 3 is 2.17 bits per heavy atom. The number of ether oxygens (including phenoxy) is 1. The molecule has 0 bridgehead atoms. The molecule has 1 N–H and O–H groups in total. The van der Waals surface area contributed by atoms with Crippen molar-refractivity contribution in [2.45, 2.75) is 44.7 Å². The predicted octanol–water partition coefficient (Wildman–Crippen LogP) is 5.45. The van der Waals surface area contributed by atoms with Crippen LogP contribution < -0.4 is 14.4 Å². The second-order valence-electron chi connectivity index (χ2n) is 9.10. The first kappa shape index (κ1) is 31.3. The Balaban J connectivity index is 2.08. The number of sulfonamides is 1. The van der Waals surface area contributed by atoms with E-state index >= 15 is 0 Å². The minimum atomic E-state index is -4.17. The van der Waals surface area contributed by atoms with Gasteiger partial charge < -0.3 is 15.0 Å². The third-order valence-electron chi connectivity index (χ3n) is 6.34. The molecule has 11 heteroatoms. The molecule has 3 rings (SSSR count). The van der Waals surface area contributed by atoms with Crippen molar-refractivity contribution in [3.8, 4) is 5.75 Å². The van der Waals surface area contributed by atoms with Gasteiger partial charge in [0.1, 0.15) is 18.3 Å². The number of aryl methyl sites for hydroxylation is 1. The number of carbonyl (C=O) groups excluding carboxylic acids is 2. The maximum atomic E-state index is 14.0. The van der Waals surface area contributed by atoms with E-state index in [0.717, 1.165) is 9.87 Å². The molecule has 8 nitrogen and oxygen atoms in total. The van der Waals surface area contributed by atoms with Crippen LogP contribution in [0.1, 0.15) is 31.4 Å². The number of hydrogen-bond donors (Lipinski definition) is 1. The number of halogens is 2. The maximum absolute atomic E-state index is 14.0. The summed E-state index contributed by atoms with van der Waals surface area (Å²) in [5, 5.41) is 3.52. The molecule has 0 spiro atoms. The fourth-order valence-corrected chi connectivity index (χ4v) is 6.04. The lowest BCUT2D eigenvalue weighted by atomic mass is 10.1. The van der Waals surface area contributed by atoms with Gasteiger partial charge in [-0.3, -0.25) is 13.9 Å². The Labute approximate surface area is 245 Å². The van der Waals surface area contributed by atoms with Crippen LogP contribution in [-0.2, 0) is 26.2 Å². The van der Waals surface area contributed by atoms with Gasteiger partial charge in [0.05, 0.1) is 17.7 Å². The van der Waals surface area contributed by atoms with Crippen molar-refractivity contribution in [1.82, 2.24) is 10.2 Å². The normalized spacial score (nSPS) is 11.9. The van der Waals surface area contributed by atoms with Crippen LogP contribution in [-0.4, -0.2) is 51.4 Å². The highest BCUT2D eigenvalue weighted by Crippen LogP contribution is 2.28. The van der Waals surface area contributed by atoms with Gasteiger partial charge in [-0.15, -0.1) is 0 Å². The van der Waals surface area contributed by atoms with Gasteiger partial charge in [0.2, 0.25) is 11.8 Å². The Morgan fingerprint density at radius 2 is 1.62 bits per heavy atom. The summed E-state index contributed by atoms with van der Waals surface area (Å²) in [5.41, 5.74) is 1.73. The van der Waals surface area contributed by atoms with Crippen molar-refractivity contribution in [2.24, 2.45) is 0 Å². The first-order chi connectivity index (χ1) is 19.0. The monoisotopic (exact) mass is 605 g/mol. The van der Waals surface area contributed by atoms with Crippen molar-refractivity contribution in [3.63, 3.8) is 0 Å². The van der Waals surface area contributed by atoms with Gasteiger partial charge >= 0.3 is 0 Å². The lowest BCUT2D eigenvalue weighted by molar-refractivity contribution is -0.140. The molecule has 3 aromatic carbocycles. The molecule has 0 aliphatic carbocycles. The molecule has 1 atom stereocenters. The summed E-state index contributed by atoms with van der Waals surface area (Å²) in [7, 11) is -2.66. The molecule has 0 aliphatic rings. The van der Waals surface area contributed by atoms with Gasteiger partial charge in [0.25, 0.3) is 10.0 Å². The summed E-state index contributed by atoms with van der Waals surface area (Å²) in [5.74, 6) is -0.388. The van der Waals surface area contributed by atoms with Crippen molar-refractivity contribution in [3.05, 3.63) is 87.9 Å². The first-order valence-corrected chi connectivity index (χ1v) is 15.0. The third kappa shape index (κ3) is 7.47. The van der Waals surface area contributed by atoms with E-state index < -0.39 is 28.5 Å². The zero-order valence-corrected chi connectivity index (χ0v) is 25.2. The number of benzene rings is 3. The fourth-order valence-electron chi connectivity index (χ4n) is 4.16. The van der Waals surface area contributed by atoms with Crippen LogP contribution in [0.3, 0.4) is 0 Å². The summed E-state index contributed by atoms with van der Waals surface area (Å²) < 4.78 is 34.0. The Kier molecular flexibility index (Phi) is 10.8. The van der Waals surface area contributed by atoms with E-state index in [4.69, 9.17) is 27.9 Å². The molecule has 214 valence electrons. The molecule has 0 aliphatic heterocycles. The Morgan fingerprint density at radius 1 is 0.975 bits per heavy atom. The number of amides is 2. The van der Waals surface area contributed by atoms with E-state index in [1.54, 1.807) is 68.4 Å². The second kappa shape index (κ2) is 13.9. The van der Waals surface area contributed by atoms with E-state index in [2.05, 4.69) is 5.32 Å². The van der Waals surface area contributed by atoms with Gasteiger partial charge in [-0.2, -0.15) is 0 Å². The van der Waals surface area contributed by atoms with Gasteiger partial charge in [-0.05, 0) is 74.4 Å². The van der Waals surface area contributed by atoms with Gasteiger partial charge in [-0.1, -0.05) is 53.9 Å². The number of hydrogen-bond acceptors (Lipinski definition) is 5. The number of nitrogens with zero attached hydrogens (tertiary/aromatic N) is 2. The lowest BCUT2D eigenvalue weighted by Crippen LogP contribution is -2.52. The summed E-state index contributed by atoms with van der Waals surface area (Å²) in [6, 6.07) is 16.8. The van der Waals surface area contributed by atoms with Crippen LogP contribution in [0.5, 0.6) is 5.75 Å². The Bertz CT molecular complexity index is 1430. The zero-order chi connectivity index (χ0) is 29.4. The molecule has 0 radical (unpaired) electrons. The van der Waals surface area contributed by atoms with Crippen LogP contribution >= 0.6 is 23.2 Å². The minimum Gasteiger partial charge on any atom is -0.497 e. The summed E-state index contributed by atoms with van der Waals surface area (Å²) in [6.45, 7) is 5.22. The number of likely N-dealkylation sites (N-methyl/N-ethyl adjacent to an activating group) is 1. The van der Waals surface area contributed by atoms with Crippen LogP contribution in [0, 0.1) is 6.92 Å². The summed E-state index contributed by atoms with van der Waals surface area (Å²) in [6.07, 6.45) is 0.302. The number of anilines is 1. The fraction of sp³-hybridized carbons (Fsp3) is 0.310. The van der Waals surface area contributed by atoms with Crippen molar-refractivity contribution in [1.29, 1.82) is 0 Å². The zero-order valence-electron chi connectivity index (χ0n) is 22.9. The standard InChI is InChI=1S/C29H33Cl2N3O5S/c1-5-27(29(36)32-6-2)33(18-21-9-10-22(30)17-26(21)31)28(35)19-34(23-11-13-24(39-4)14-12-23)40(37,38)25-15-7-20(3)8-16-25/h7-17,27H,5-6,18-19H2,1-4H3,(H,32,36)/t27-/m1/s1. The highest BCUT2D eigenvalue weighted by molar-refractivity contribution is 7.92. The number of rotatable bonds is 12. The van der Waals surface area contributed by atoms with E-state index in [0.29, 0.717) is 34.3 Å². The molecule has 40 heavy (non-hydrogen) atoms. The van der Waals surface area contributed by atoms with Crippen LogP contribution in [0.25, 0.3) is 0 Å². The average molecular weight is 607 g/mol. The highest BCUT2D eigenvalue weighted by Gasteiger charge is 2.33. The molecule has 0 aromatic heterocycles. The predicted molar refractivity (Wildman–Crippen MR) is 158 cm³/mol. The summed E-state index contributed by atoms with van der Waals surface area (Å²) in [4.78, 5) is 28.4. The Hall–Kier alpha value is -3.27. The van der Waals surface area contributed by atoms with Gasteiger partial charge in [-0.25, -0.2) is 8.42 Å². The SMILES string of the molecule is CCNC(=O)[C@@H](CC)N(Cc1ccc(Cl)cc1Cl)C(=O)CN(c1ccc(OC)cc1)S(=O)(=O)c1ccc(C)cc1.